The number of benzene rings is 2. The Bertz CT molecular complexity index is 738. The molecule has 1 heterocycles. The van der Waals surface area contributed by atoms with Crippen molar-refractivity contribution in [2.75, 3.05) is 0 Å². The van der Waals surface area contributed by atoms with Crippen molar-refractivity contribution in [2.45, 2.75) is 6.18 Å². The lowest BCUT2D eigenvalue weighted by Gasteiger charge is -2.06. The van der Waals surface area contributed by atoms with Gasteiger partial charge in [0.1, 0.15) is 0 Å². The van der Waals surface area contributed by atoms with Crippen LogP contribution in [0.1, 0.15) is 5.56 Å². The van der Waals surface area contributed by atoms with Crippen molar-refractivity contribution in [3.63, 3.8) is 0 Å². The van der Waals surface area contributed by atoms with E-state index in [9.17, 15) is 13.2 Å². The summed E-state index contributed by atoms with van der Waals surface area (Å²) in [6, 6.07) is 11.5. The fraction of sp³-hybridized carbons (Fsp3) is 0.143. The van der Waals surface area contributed by atoms with Crippen LogP contribution in [-0.2, 0) is 13.2 Å². The van der Waals surface area contributed by atoms with E-state index in [-0.39, 0.29) is 0 Å². The van der Waals surface area contributed by atoms with Crippen molar-refractivity contribution in [3.8, 4) is 0 Å². The topological polar surface area (TPSA) is 4.93 Å². The van der Waals surface area contributed by atoms with Crippen molar-refractivity contribution < 1.29 is 13.2 Å². The van der Waals surface area contributed by atoms with Crippen LogP contribution in [-0.4, -0.2) is 4.57 Å². The molecule has 1 nitrogen and oxygen atoms in total. The quantitative estimate of drug-likeness (QED) is 0.558. The van der Waals surface area contributed by atoms with Crippen LogP contribution in [0.5, 0.6) is 0 Å². The Balaban J connectivity index is 2.42. The first kappa shape index (κ1) is 11.1. The van der Waals surface area contributed by atoms with E-state index in [2.05, 4.69) is 0 Å². The molecule has 0 unspecified atom stereocenters. The van der Waals surface area contributed by atoms with Crippen LogP contribution < -0.4 is 0 Å². The number of alkyl halides is 3. The number of hydrogen-bond acceptors (Lipinski definition) is 0. The van der Waals surface area contributed by atoms with Crippen LogP contribution >= 0.6 is 0 Å². The van der Waals surface area contributed by atoms with Crippen molar-refractivity contribution in [3.05, 3.63) is 48.0 Å². The molecule has 0 spiro atoms. The van der Waals surface area contributed by atoms with E-state index in [1.807, 2.05) is 24.3 Å². The first-order valence-corrected chi connectivity index (χ1v) is 5.53. The molecule has 0 aliphatic carbocycles. The van der Waals surface area contributed by atoms with Gasteiger partial charge >= 0.3 is 6.18 Å². The summed E-state index contributed by atoms with van der Waals surface area (Å²) in [6.07, 6.45) is -4.30. The van der Waals surface area contributed by atoms with Crippen LogP contribution in [0.3, 0.4) is 0 Å². The SMILES string of the molecule is Cn1c2ccccc2c2ccc(C(F)(F)F)cc21. The molecule has 0 amide bonds. The number of nitrogens with zero attached hydrogens (tertiary/aromatic N) is 1. The van der Waals surface area contributed by atoms with Gasteiger partial charge < -0.3 is 4.57 Å². The fourth-order valence-electron chi connectivity index (χ4n) is 2.34. The molecule has 0 atom stereocenters. The predicted molar refractivity (Wildman–Crippen MR) is 65.4 cm³/mol. The smallest absolute Gasteiger partial charge is 0.344 e. The minimum Gasteiger partial charge on any atom is -0.344 e. The molecule has 4 heteroatoms. The Morgan fingerprint density at radius 1 is 0.889 bits per heavy atom. The molecular weight excluding hydrogens is 239 g/mol. The third-order valence-electron chi connectivity index (χ3n) is 3.24. The second kappa shape index (κ2) is 3.51. The number of aryl methyl sites for hydroxylation is 1. The molecule has 0 saturated heterocycles. The van der Waals surface area contributed by atoms with Gasteiger partial charge in [0.2, 0.25) is 0 Å². The third-order valence-corrected chi connectivity index (χ3v) is 3.24. The van der Waals surface area contributed by atoms with E-state index in [0.29, 0.717) is 5.52 Å². The van der Waals surface area contributed by atoms with Gasteiger partial charge in [0.05, 0.1) is 5.56 Å². The second-order valence-corrected chi connectivity index (χ2v) is 4.31. The molecule has 92 valence electrons. The number of halogens is 3. The standard InChI is InChI=1S/C14H10F3N/c1-18-12-5-3-2-4-10(12)11-7-6-9(8-13(11)18)14(15,16)17/h2-8H,1H3. The van der Waals surface area contributed by atoms with Crippen LogP contribution in [0, 0.1) is 0 Å². The maximum absolute atomic E-state index is 12.7. The first-order chi connectivity index (χ1) is 8.48. The molecule has 2 aromatic carbocycles. The first-order valence-electron chi connectivity index (χ1n) is 5.53. The lowest BCUT2D eigenvalue weighted by atomic mass is 10.1. The minimum atomic E-state index is -4.30. The average molecular weight is 249 g/mol. The predicted octanol–water partition coefficient (Wildman–Crippen LogP) is 4.35. The molecule has 0 fully saturated rings. The Hall–Kier alpha value is -1.97. The molecule has 0 bridgehead atoms. The highest BCUT2D eigenvalue weighted by Gasteiger charge is 2.30. The fourth-order valence-corrected chi connectivity index (χ4v) is 2.34. The zero-order valence-corrected chi connectivity index (χ0v) is 9.62. The molecule has 3 rings (SSSR count). The van der Waals surface area contributed by atoms with E-state index >= 15 is 0 Å². The highest BCUT2D eigenvalue weighted by Crippen LogP contribution is 2.34. The summed E-state index contributed by atoms with van der Waals surface area (Å²) in [5.41, 5.74) is 0.929. The molecule has 3 aromatic rings. The summed E-state index contributed by atoms with van der Waals surface area (Å²) < 4.78 is 39.9. The highest BCUT2D eigenvalue weighted by atomic mass is 19.4. The Morgan fingerprint density at radius 2 is 1.56 bits per heavy atom. The zero-order valence-electron chi connectivity index (χ0n) is 9.62. The Labute approximate surface area is 101 Å². The molecule has 0 N–H and O–H groups in total. The van der Waals surface area contributed by atoms with Gasteiger partial charge in [-0.1, -0.05) is 24.3 Å². The summed E-state index contributed by atoms with van der Waals surface area (Å²) in [5.74, 6) is 0. The molecule has 0 aliphatic heterocycles. The van der Waals surface area contributed by atoms with Crippen LogP contribution in [0.15, 0.2) is 42.5 Å². The van der Waals surface area contributed by atoms with Crippen LogP contribution in [0.25, 0.3) is 21.8 Å². The highest BCUT2D eigenvalue weighted by molar-refractivity contribution is 6.08. The number of rotatable bonds is 0. The van der Waals surface area contributed by atoms with Gasteiger partial charge in [-0.15, -0.1) is 0 Å². The molecule has 0 aliphatic rings. The summed E-state index contributed by atoms with van der Waals surface area (Å²) >= 11 is 0. The third kappa shape index (κ3) is 1.49. The molecule has 1 aromatic heterocycles. The number of hydrogen-bond donors (Lipinski definition) is 0. The van der Waals surface area contributed by atoms with E-state index in [1.54, 1.807) is 17.7 Å². The van der Waals surface area contributed by atoms with Crippen molar-refractivity contribution in [1.29, 1.82) is 0 Å². The Morgan fingerprint density at radius 3 is 2.28 bits per heavy atom. The van der Waals surface area contributed by atoms with Gasteiger partial charge in [0, 0.05) is 28.9 Å². The summed E-state index contributed by atoms with van der Waals surface area (Å²) in [6.45, 7) is 0. The van der Waals surface area contributed by atoms with Crippen molar-refractivity contribution in [2.24, 2.45) is 7.05 Å². The van der Waals surface area contributed by atoms with Crippen molar-refractivity contribution >= 4 is 21.8 Å². The zero-order chi connectivity index (χ0) is 12.9. The van der Waals surface area contributed by atoms with Gasteiger partial charge in [-0.2, -0.15) is 13.2 Å². The normalized spacial score (nSPS) is 12.4. The van der Waals surface area contributed by atoms with Gasteiger partial charge in [0.15, 0.2) is 0 Å². The lowest BCUT2D eigenvalue weighted by Crippen LogP contribution is -2.04. The van der Waals surface area contributed by atoms with Gasteiger partial charge in [-0.3, -0.25) is 0 Å². The molecule has 18 heavy (non-hydrogen) atoms. The number of fused-ring (bicyclic) bond motifs is 3. The Kier molecular flexibility index (Phi) is 2.17. The molecular formula is C14H10F3N. The van der Waals surface area contributed by atoms with Gasteiger partial charge in [-0.05, 0) is 18.2 Å². The van der Waals surface area contributed by atoms with E-state index < -0.39 is 11.7 Å². The molecule has 0 radical (unpaired) electrons. The average Bonchev–Trinajstić information content (AvgIpc) is 2.63. The maximum atomic E-state index is 12.7. The van der Waals surface area contributed by atoms with Gasteiger partial charge in [0.25, 0.3) is 0 Å². The van der Waals surface area contributed by atoms with Gasteiger partial charge in [-0.25, -0.2) is 0 Å². The maximum Gasteiger partial charge on any atom is 0.416 e. The lowest BCUT2D eigenvalue weighted by molar-refractivity contribution is -0.137. The summed E-state index contributed by atoms with van der Waals surface area (Å²) in [7, 11) is 1.78. The van der Waals surface area contributed by atoms with Crippen molar-refractivity contribution in [1.82, 2.24) is 4.57 Å². The van der Waals surface area contributed by atoms with E-state index in [0.717, 1.165) is 22.4 Å². The monoisotopic (exact) mass is 249 g/mol. The molecule has 0 saturated carbocycles. The summed E-state index contributed by atoms with van der Waals surface area (Å²) in [5, 5.41) is 1.82. The minimum absolute atomic E-state index is 0.603. The summed E-state index contributed by atoms with van der Waals surface area (Å²) in [4.78, 5) is 0. The largest absolute Gasteiger partial charge is 0.416 e. The number of para-hydroxylation sites is 1. The van der Waals surface area contributed by atoms with Crippen LogP contribution in [0.4, 0.5) is 13.2 Å². The van der Waals surface area contributed by atoms with Crippen LogP contribution in [0.2, 0.25) is 0 Å². The van der Waals surface area contributed by atoms with E-state index in [4.69, 9.17) is 0 Å². The number of aromatic nitrogens is 1. The second-order valence-electron chi connectivity index (χ2n) is 4.31. The van der Waals surface area contributed by atoms with E-state index in [1.165, 1.54) is 6.07 Å².